The van der Waals surface area contributed by atoms with E-state index in [0.717, 1.165) is 12.8 Å². The Morgan fingerprint density at radius 1 is 1.43 bits per heavy atom. The smallest absolute Gasteiger partial charge is 0.132 e. The van der Waals surface area contributed by atoms with Gasteiger partial charge in [0.2, 0.25) is 0 Å². The van der Waals surface area contributed by atoms with E-state index in [0.29, 0.717) is 6.42 Å². The third kappa shape index (κ3) is 5.72. The molecule has 2 unspecified atom stereocenters. The average molecular weight is 218 g/mol. The molecular formula is C11H23O2P. The van der Waals surface area contributed by atoms with E-state index in [1.807, 2.05) is 6.92 Å². The number of carbonyl (C=O) groups is 1. The SMILES string of the molecule is CCP(C)COC(C)(CC)CC(C)=O. The van der Waals surface area contributed by atoms with Crippen molar-refractivity contribution >= 4 is 13.7 Å². The summed E-state index contributed by atoms with van der Waals surface area (Å²) >= 11 is 0. The van der Waals surface area contributed by atoms with Gasteiger partial charge in [-0.1, -0.05) is 21.8 Å². The zero-order chi connectivity index (χ0) is 11.2. The van der Waals surface area contributed by atoms with E-state index < -0.39 is 0 Å². The van der Waals surface area contributed by atoms with Crippen molar-refractivity contribution in [1.29, 1.82) is 0 Å². The van der Waals surface area contributed by atoms with E-state index >= 15 is 0 Å². The normalized spacial score (nSPS) is 17.5. The van der Waals surface area contributed by atoms with E-state index in [1.54, 1.807) is 6.92 Å². The highest BCUT2D eigenvalue weighted by atomic mass is 31.1. The fourth-order valence-corrected chi connectivity index (χ4v) is 1.88. The number of carbonyl (C=O) groups excluding carboxylic acids is 1. The summed E-state index contributed by atoms with van der Waals surface area (Å²) in [6, 6.07) is 0. The second-order valence-corrected chi connectivity index (χ2v) is 6.73. The van der Waals surface area contributed by atoms with Crippen LogP contribution in [0.5, 0.6) is 0 Å². The number of hydrogen-bond donors (Lipinski definition) is 0. The summed E-state index contributed by atoms with van der Waals surface area (Å²) in [5.74, 6) is 0.214. The third-order valence-corrected chi connectivity index (χ3v) is 4.19. The summed E-state index contributed by atoms with van der Waals surface area (Å²) in [4.78, 5) is 11.1. The fraction of sp³-hybridized carbons (Fsp3) is 0.909. The molecule has 0 aromatic heterocycles. The number of hydrogen-bond acceptors (Lipinski definition) is 2. The molecular weight excluding hydrogens is 195 g/mol. The lowest BCUT2D eigenvalue weighted by molar-refractivity contribution is -0.123. The molecule has 0 amide bonds. The van der Waals surface area contributed by atoms with Gasteiger partial charge in [0.1, 0.15) is 5.78 Å². The molecule has 0 heterocycles. The predicted octanol–water partition coefficient (Wildman–Crippen LogP) is 3.24. The van der Waals surface area contributed by atoms with Gasteiger partial charge in [-0.3, -0.25) is 4.79 Å². The van der Waals surface area contributed by atoms with Crippen LogP contribution in [0.2, 0.25) is 0 Å². The van der Waals surface area contributed by atoms with Crippen molar-refractivity contribution in [3.63, 3.8) is 0 Å². The first-order chi connectivity index (χ1) is 6.43. The van der Waals surface area contributed by atoms with Crippen LogP contribution in [0.4, 0.5) is 0 Å². The highest BCUT2D eigenvalue weighted by Crippen LogP contribution is 2.33. The second-order valence-electron chi connectivity index (χ2n) is 4.13. The minimum atomic E-state index is -0.238. The molecule has 0 aliphatic rings. The molecule has 0 fully saturated rings. The van der Waals surface area contributed by atoms with Crippen LogP contribution in [0.25, 0.3) is 0 Å². The Balaban J connectivity index is 4.04. The molecule has 0 aliphatic heterocycles. The van der Waals surface area contributed by atoms with E-state index in [4.69, 9.17) is 4.74 Å². The van der Waals surface area contributed by atoms with Crippen LogP contribution in [0.15, 0.2) is 0 Å². The molecule has 14 heavy (non-hydrogen) atoms. The van der Waals surface area contributed by atoms with Crippen molar-refractivity contribution in [2.24, 2.45) is 0 Å². The Bertz CT molecular complexity index is 182. The summed E-state index contributed by atoms with van der Waals surface area (Å²) < 4.78 is 5.85. The van der Waals surface area contributed by atoms with E-state index in [9.17, 15) is 4.79 Å². The number of ether oxygens (including phenoxy) is 1. The highest BCUT2D eigenvalue weighted by Gasteiger charge is 2.25. The van der Waals surface area contributed by atoms with Gasteiger partial charge in [0.05, 0.1) is 11.9 Å². The van der Waals surface area contributed by atoms with Crippen LogP contribution in [0, 0.1) is 0 Å². The summed E-state index contributed by atoms with van der Waals surface area (Å²) in [5.41, 5.74) is -0.238. The summed E-state index contributed by atoms with van der Waals surface area (Å²) in [6.07, 6.45) is 3.45. The van der Waals surface area contributed by atoms with E-state index in [1.165, 1.54) is 6.16 Å². The molecule has 0 N–H and O–H groups in total. The minimum absolute atomic E-state index is 0.00692. The molecule has 0 saturated carbocycles. The zero-order valence-corrected chi connectivity index (χ0v) is 11.0. The minimum Gasteiger partial charge on any atom is -0.370 e. The van der Waals surface area contributed by atoms with Gasteiger partial charge in [0.15, 0.2) is 0 Å². The van der Waals surface area contributed by atoms with Crippen molar-refractivity contribution < 1.29 is 9.53 Å². The summed E-state index contributed by atoms with van der Waals surface area (Å²) in [6.45, 7) is 10.2. The maximum absolute atomic E-state index is 11.1. The lowest BCUT2D eigenvalue weighted by atomic mass is 9.97. The molecule has 3 heteroatoms. The van der Waals surface area contributed by atoms with Crippen molar-refractivity contribution in [3.8, 4) is 0 Å². The first-order valence-corrected chi connectivity index (χ1v) is 7.41. The molecule has 0 rings (SSSR count). The van der Waals surface area contributed by atoms with Gasteiger partial charge in [-0.25, -0.2) is 0 Å². The molecule has 84 valence electrons. The lowest BCUT2D eigenvalue weighted by Crippen LogP contribution is -2.30. The largest absolute Gasteiger partial charge is 0.370 e. The predicted molar refractivity (Wildman–Crippen MR) is 63.3 cm³/mol. The van der Waals surface area contributed by atoms with Crippen LogP contribution in [0.1, 0.15) is 40.5 Å². The third-order valence-electron chi connectivity index (χ3n) is 2.54. The molecule has 0 radical (unpaired) electrons. The summed E-state index contributed by atoms with van der Waals surface area (Å²) in [7, 11) is -0.00692. The first kappa shape index (κ1) is 14.1. The Hall–Kier alpha value is 0.0600. The van der Waals surface area contributed by atoms with Crippen molar-refractivity contribution in [2.45, 2.75) is 46.1 Å². The van der Waals surface area contributed by atoms with Crippen LogP contribution >= 0.6 is 7.92 Å². The standard InChI is InChI=1S/C11H23O2P/c1-6-11(4,8-10(3)12)13-9-14(5)7-2/h6-9H2,1-5H3. The quantitative estimate of drug-likeness (QED) is 0.613. The van der Waals surface area contributed by atoms with Crippen molar-refractivity contribution in [3.05, 3.63) is 0 Å². The molecule has 0 spiro atoms. The van der Waals surface area contributed by atoms with Gasteiger partial charge in [0, 0.05) is 6.42 Å². The molecule has 0 aromatic carbocycles. The maximum atomic E-state index is 11.1. The van der Waals surface area contributed by atoms with Crippen molar-refractivity contribution in [1.82, 2.24) is 0 Å². The average Bonchev–Trinajstić information content (AvgIpc) is 2.13. The Morgan fingerprint density at radius 2 is 2.00 bits per heavy atom. The van der Waals surface area contributed by atoms with E-state index in [-0.39, 0.29) is 19.3 Å². The molecule has 2 atom stereocenters. The second kappa shape index (κ2) is 6.53. The number of Topliss-reactive ketones (excluding diaryl/α,β-unsaturated/α-hetero) is 1. The Kier molecular flexibility index (Phi) is 6.55. The molecule has 0 saturated heterocycles. The van der Waals surface area contributed by atoms with E-state index in [2.05, 4.69) is 20.5 Å². The molecule has 2 nitrogen and oxygen atoms in total. The lowest BCUT2D eigenvalue weighted by Gasteiger charge is -2.29. The molecule has 0 aliphatic carbocycles. The number of rotatable bonds is 7. The number of ketones is 1. The van der Waals surface area contributed by atoms with Crippen molar-refractivity contribution in [2.75, 3.05) is 19.2 Å². The zero-order valence-electron chi connectivity index (χ0n) is 10.1. The first-order valence-electron chi connectivity index (χ1n) is 5.25. The van der Waals surface area contributed by atoms with Gasteiger partial charge in [-0.15, -0.1) is 0 Å². The molecule has 0 bridgehead atoms. The Morgan fingerprint density at radius 3 is 2.36 bits per heavy atom. The van der Waals surface area contributed by atoms with Gasteiger partial charge in [-0.05, 0) is 33.1 Å². The topological polar surface area (TPSA) is 26.3 Å². The molecule has 0 aromatic rings. The summed E-state index contributed by atoms with van der Waals surface area (Å²) in [5, 5.41) is 0. The fourth-order valence-electron chi connectivity index (χ4n) is 1.16. The maximum Gasteiger partial charge on any atom is 0.132 e. The highest BCUT2D eigenvalue weighted by molar-refractivity contribution is 7.56. The monoisotopic (exact) mass is 218 g/mol. The Labute approximate surface area is 89.2 Å². The van der Waals surface area contributed by atoms with Crippen LogP contribution < -0.4 is 0 Å². The van der Waals surface area contributed by atoms with Crippen LogP contribution in [0.3, 0.4) is 0 Å². The van der Waals surface area contributed by atoms with Gasteiger partial charge >= 0.3 is 0 Å². The van der Waals surface area contributed by atoms with Crippen LogP contribution in [-0.4, -0.2) is 30.6 Å². The van der Waals surface area contributed by atoms with Gasteiger partial charge in [0.25, 0.3) is 0 Å². The van der Waals surface area contributed by atoms with Gasteiger partial charge in [-0.2, -0.15) is 0 Å². The van der Waals surface area contributed by atoms with Crippen LogP contribution in [-0.2, 0) is 9.53 Å². The van der Waals surface area contributed by atoms with Gasteiger partial charge < -0.3 is 4.74 Å².